The lowest BCUT2D eigenvalue weighted by molar-refractivity contribution is -0.132. The lowest BCUT2D eigenvalue weighted by Gasteiger charge is -2.41. The number of nitrogens with one attached hydrogen (secondary N) is 1. The van der Waals surface area contributed by atoms with E-state index in [4.69, 9.17) is 4.98 Å². The van der Waals surface area contributed by atoms with Crippen LogP contribution in [0.1, 0.15) is 91.6 Å². The molecule has 0 saturated heterocycles. The van der Waals surface area contributed by atoms with Crippen LogP contribution in [-0.4, -0.2) is 31.1 Å². The monoisotopic (exact) mass is 606 g/mol. The van der Waals surface area contributed by atoms with Crippen LogP contribution in [0.3, 0.4) is 0 Å². The standard InChI is InChI=1S/C36H38N4O3S/c1-22(34(42)43)18-24-10-12-29-31(19-24)39(3)35(37-29)36(15-7-16-36)38-33(41)25-11-13-30-28(20-25)23(2)32(26-14-17-44-21-26)40(30)27-8-5-4-6-9-27/h10-14,17-21,27H,4-9,15-16H2,1-3H3,(H,38,41)(H,42,43)/b22-18+. The van der Waals surface area contributed by atoms with Crippen LogP contribution in [0, 0.1) is 6.92 Å². The lowest BCUT2D eigenvalue weighted by atomic mass is 9.75. The number of thiophene rings is 1. The molecule has 1 amide bonds. The Bertz CT molecular complexity index is 1930. The molecule has 0 bridgehead atoms. The highest BCUT2D eigenvalue weighted by Gasteiger charge is 2.44. The van der Waals surface area contributed by atoms with Gasteiger partial charge in [0.2, 0.25) is 0 Å². The molecule has 3 heterocycles. The Labute approximate surface area is 261 Å². The maximum atomic E-state index is 14.0. The van der Waals surface area contributed by atoms with Gasteiger partial charge in [0.15, 0.2) is 0 Å². The SMILES string of the molecule is C/C(=C\c1ccc2nc(C3(NC(=O)c4ccc5c(c4)c(C)c(-c4ccsc4)n5C4CCCCC4)CCC3)n(C)c2c1)C(=O)O. The van der Waals surface area contributed by atoms with Gasteiger partial charge < -0.3 is 19.6 Å². The van der Waals surface area contributed by atoms with Crippen LogP contribution in [0.25, 0.3) is 39.3 Å². The number of aromatic nitrogens is 3. The molecule has 3 aromatic heterocycles. The summed E-state index contributed by atoms with van der Waals surface area (Å²) < 4.78 is 4.61. The average molecular weight is 607 g/mol. The summed E-state index contributed by atoms with van der Waals surface area (Å²) in [6.07, 6.45) is 10.5. The second-order valence-corrected chi connectivity index (χ2v) is 13.4. The molecular weight excluding hydrogens is 568 g/mol. The van der Waals surface area contributed by atoms with E-state index >= 15 is 0 Å². The largest absolute Gasteiger partial charge is 0.478 e. The van der Waals surface area contributed by atoms with Gasteiger partial charge in [-0.1, -0.05) is 25.3 Å². The van der Waals surface area contributed by atoms with E-state index in [9.17, 15) is 14.7 Å². The first-order chi connectivity index (χ1) is 21.3. The molecule has 2 N–H and O–H groups in total. The number of carbonyl (C=O) groups is 2. The summed E-state index contributed by atoms with van der Waals surface area (Å²) in [7, 11) is 1.98. The summed E-state index contributed by atoms with van der Waals surface area (Å²) in [6, 6.07) is 14.7. The van der Waals surface area contributed by atoms with Crippen LogP contribution in [0.5, 0.6) is 0 Å². The fourth-order valence-corrected chi connectivity index (χ4v) is 7.99. The number of nitrogens with zero attached hydrogens (tertiary/aromatic N) is 3. The van der Waals surface area contributed by atoms with Crippen LogP contribution in [0.2, 0.25) is 0 Å². The zero-order valence-corrected chi connectivity index (χ0v) is 26.3. The van der Waals surface area contributed by atoms with Gasteiger partial charge in [0.05, 0.1) is 22.3 Å². The predicted molar refractivity (Wildman–Crippen MR) is 177 cm³/mol. The van der Waals surface area contributed by atoms with Crippen molar-refractivity contribution in [1.29, 1.82) is 0 Å². The number of amides is 1. The topological polar surface area (TPSA) is 89.2 Å². The average Bonchev–Trinajstić information content (AvgIpc) is 3.72. The molecule has 2 aromatic carbocycles. The van der Waals surface area contributed by atoms with Gasteiger partial charge in [-0.15, -0.1) is 0 Å². The summed E-state index contributed by atoms with van der Waals surface area (Å²) in [5, 5.41) is 18.2. The van der Waals surface area contributed by atoms with E-state index in [1.807, 2.05) is 35.9 Å². The second-order valence-electron chi connectivity index (χ2n) is 12.6. The highest BCUT2D eigenvalue weighted by atomic mass is 32.1. The van der Waals surface area contributed by atoms with E-state index in [1.165, 1.54) is 54.4 Å². The summed E-state index contributed by atoms with van der Waals surface area (Å²) >= 11 is 1.72. The first kappa shape index (κ1) is 28.6. The number of aliphatic carboxylic acids is 1. The summed E-state index contributed by atoms with van der Waals surface area (Å²) in [5.41, 5.74) is 7.93. The minimum absolute atomic E-state index is 0.0822. The fourth-order valence-electron chi connectivity index (χ4n) is 7.35. The summed E-state index contributed by atoms with van der Waals surface area (Å²) in [6.45, 7) is 3.79. The molecule has 8 heteroatoms. The molecule has 2 aliphatic carbocycles. The first-order valence-corrected chi connectivity index (χ1v) is 16.6. The minimum Gasteiger partial charge on any atom is -0.478 e. The molecule has 0 aliphatic heterocycles. The third-order valence-electron chi connectivity index (χ3n) is 9.87. The smallest absolute Gasteiger partial charge is 0.331 e. The molecule has 0 spiro atoms. The van der Waals surface area contributed by atoms with Gasteiger partial charge in [-0.05, 0) is 105 Å². The molecular formula is C36H38N4O3S. The van der Waals surface area contributed by atoms with Gasteiger partial charge in [-0.25, -0.2) is 9.78 Å². The van der Waals surface area contributed by atoms with Crippen molar-refractivity contribution < 1.29 is 14.7 Å². The second kappa shape index (κ2) is 11.1. The van der Waals surface area contributed by atoms with E-state index in [0.29, 0.717) is 11.6 Å². The molecule has 7 rings (SSSR count). The molecule has 226 valence electrons. The van der Waals surface area contributed by atoms with Gasteiger partial charge in [-0.3, -0.25) is 4.79 Å². The summed E-state index contributed by atoms with van der Waals surface area (Å²) in [4.78, 5) is 30.3. The van der Waals surface area contributed by atoms with Crippen molar-refractivity contribution in [2.75, 3.05) is 0 Å². The molecule has 0 unspecified atom stereocenters. The Morgan fingerprint density at radius 2 is 1.84 bits per heavy atom. The number of imidazole rings is 1. The molecule has 2 aliphatic rings. The zero-order valence-electron chi connectivity index (χ0n) is 25.5. The third kappa shape index (κ3) is 4.76. The number of benzene rings is 2. The molecule has 0 atom stereocenters. The molecule has 2 saturated carbocycles. The van der Waals surface area contributed by atoms with E-state index in [1.54, 1.807) is 24.3 Å². The highest BCUT2D eigenvalue weighted by Crippen LogP contribution is 2.43. The van der Waals surface area contributed by atoms with Crippen molar-refractivity contribution in [2.45, 2.75) is 76.8 Å². The van der Waals surface area contributed by atoms with Crippen LogP contribution in [0.15, 0.2) is 58.8 Å². The normalized spacial score (nSPS) is 17.2. The Morgan fingerprint density at radius 3 is 2.52 bits per heavy atom. The maximum absolute atomic E-state index is 14.0. The number of carboxylic acids is 1. The van der Waals surface area contributed by atoms with Crippen LogP contribution in [0.4, 0.5) is 0 Å². The van der Waals surface area contributed by atoms with Gasteiger partial charge in [-0.2, -0.15) is 11.3 Å². The Kier molecular flexibility index (Phi) is 7.20. The van der Waals surface area contributed by atoms with Crippen molar-refractivity contribution in [3.05, 3.63) is 81.3 Å². The van der Waals surface area contributed by atoms with Crippen molar-refractivity contribution in [2.24, 2.45) is 7.05 Å². The van der Waals surface area contributed by atoms with Crippen molar-refractivity contribution in [1.82, 2.24) is 19.4 Å². The Hall–Kier alpha value is -4.17. The van der Waals surface area contributed by atoms with Crippen LogP contribution in [-0.2, 0) is 17.4 Å². The number of fused-ring (bicyclic) bond motifs is 2. The van der Waals surface area contributed by atoms with E-state index < -0.39 is 11.5 Å². The zero-order chi connectivity index (χ0) is 30.6. The lowest BCUT2D eigenvalue weighted by Crippen LogP contribution is -2.52. The fraction of sp³-hybridized carbons (Fsp3) is 0.361. The van der Waals surface area contributed by atoms with Gasteiger partial charge in [0.25, 0.3) is 5.91 Å². The van der Waals surface area contributed by atoms with Crippen molar-refractivity contribution >= 4 is 51.2 Å². The van der Waals surface area contributed by atoms with Gasteiger partial charge in [0, 0.05) is 46.1 Å². The Morgan fingerprint density at radius 1 is 1.05 bits per heavy atom. The molecule has 2 fully saturated rings. The van der Waals surface area contributed by atoms with Crippen molar-refractivity contribution in [3.8, 4) is 11.3 Å². The number of carbonyl (C=O) groups excluding carboxylic acids is 1. The third-order valence-corrected chi connectivity index (χ3v) is 10.5. The van der Waals surface area contributed by atoms with Crippen LogP contribution >= 0.6 is 11.3 Å². The first-order valence-electron chi connectivity index (χ1n) is 15.6. The predicted octanol–water partition coefficient (Wildman–Crippen LogP) is 8.37. The minimum atomic E-state index is -0.937. The van der Waals surface area contributed by atoms with E-state index in [-0.39, 0.29) is 11.5 Å². The van der Waals surface area contributed by atoms with Crippen molar-refractivity contribution in [3.63, 3.8) is 0 Å². The molecule has 5 aromatic rings. The molecule has 0 radical (unpaired) electrons. The van der Waals surface area contributed by atoms with Gasteiger partial charge >= 0.3 is 5.97 Å². The van der Waals surface area contributed by atoms with E-state index in [2.05, 4.69) is 45.8 Å². The Balaban J connectivity index is 1.24. The number of aryl methyl sites for hydroxylation is 2. The number of rotatable bonds is 7. The number of hydrogen-bond acceptors (Lipinski definition) is 4. The van der Waals surface area contributed by atoms with Gasteiger partial charge in [0.1, 0.15) is 5.82 Å². The highest BCUT2D eigenvalue weighted by molar-refractivity contribution is 7.08. The van der Waals surface area contributed by atoms with E-state index in [0.717, 1.165) is 47.1 Å². The maximum Gasteiger partial charge on any atom is 0.331 e. The van der Waals surface area contributed by atoms with Crippen LogP contribution < -0.4 is 5.32 Å². The number of hydrogen-bond donors (Lipinski definition) is 2. The number of carboxylic acid groups (broad SMARTS) is 1. The molecule has 44 heavy (non-hydrogen) atoms. The molecule has 7 nitrogen and oxygen atoms in total. The quantitative estimate of drug-likeness (QED) is 0.182. The summed E-state index contributed by atoms with van der Waals surface area (Å²) in [5.74, 6) is -0.182.